The molecule has 0 saturated carbocycles. The van der Waals surface area contributed by atoms with E-state index in [9.17, 15) is 4.39 Å². The highest BCUT2D eigenvalue weighted by Gasteiger charge is 2.13. The van der Waals surface area contributed by atoms with E-state index >= 15 is 0 Å². The van der Waals surface area contributed by atoms with Gasteiger partial charge in [-0.05, 0) is 54.9 Å². The van der Waals surface area contributed by atoms with Crippen LogP contribution in [0.3, 0.4) is 0 Å². The first kappa shape index (κ1) is 15.8. The Morgan fingerprint density at radius 1 is 1.14 bits per heavy atom. The molecular formula is C17H20ClFN2. The third-order valence-corrected chi connectivity index (χ3v) is 3.83. The number of likely N-dealkylation sites (N-methyl/N-ethyl adjacent to an activating group) is 1. The zero-order valence-corrected chi connectivity index (χ0v) is 13.3. The van der Waals surface area contributed by atoms with Crippen LogP contribution in [0.4, 0.5) is 10.1 Å². The molecule has 1 unspecified atom stereocenters. The fourth-order valence-corrected chi connectivity index (χ4v) is 2.51. The highest BCUT2D eigenvalue weighted by Crippen LogP contribution is 2.24. The van der Waals surface area contributed by atoms with Crippen LogP contribution in [0.1, 0.15) is 17.2 Å². The monoisotopic (exact) mass is 306 g/mol. The molecule has 0 aliphatic rings. The maximum atomic E-state index is 13.9. The molecule has 4 heteroatoms. The smallest absolute Gasteiger partial charge is 0.126 e. The minimum atomic E-state index is -0.218. The zero-order chi connectivity index (χ0) is 15.4. The first-order valence-corrected chi connectivity index (χ1v) is 7.27. The predicted molar refractivity (Wildman–Crippen MR) is 87.7 cm³/mol. The molecule has 0 heterocycles. The highest BCUT2D eigenvalue weighted by molar-refractivity contribution is 6.30. The van der Waals surface area contributed by atoms with Crippen LogP contribution in [0.25, 0.3) is 0 Å². The van der Waals surface area contributed by atoms with E-state index in [0.717, 1.165) is 11.3 Å². The van der Waals surface area contributed by atoms with Crippen LogP contribution in [0.2, 0.25) is 5.02 Å². The Morgan fingerprint density at radius 2 is 1.81 bits per heavy atom. The summed E-state index contributed by atoms with van der Waals surface area (Å²) in [6.07, 6.45) is 0.560. The van der Waals surface area contributed by atoms with Gasteiger partial charge in [-0.2, -0.15) is 0 Å². The molecule has 0 radical (unpaired) electrons. The second-order valence-electron chi connectivity index (χ2n) is 5.27. The van der Waals surface area contributed by atoms with Crippen molar-refractivity contribution in [2.24, 2.45) is 0 Å². The van der Waals surface area contributed by atoms with Crippen molar-refractivity contribution in [3.8, 4) is 0 Å². The highest BCUT2D eigenvalue weighted by atomic mass is 35.5. The minimum absolute atomic E-state index is 0.0502. The summed E-state index contributed by atoms with van der Waals surface area (Å²) in [4.78, 5) is 2.05. The van der Waals surface area contributed by atoms with Gasteiger partial charge in [0.15, 0.2) is 0 Å². The molecule has 21 heavy (non-hydrogen) atoms. The Bertz CT molecular complexity index is 596. The lowest BCUT2D eigenvalue weighted by molar-refractivity contribution is 0.554. The van der Waals surface area contributed by atoms with Crippen molar-refractivity contribution >= 4 is 17.3 Å². The van der Waals surface area contributed by atoms with Gasteiger partial charge in [0.05, 0.1) is 0 Å². The maximum absolute atomic E-state index is 13.9. The molecule has 0 aromatic heterocycles. The van der Waals surface area contributed by atoms with Gasteiger partial charge in [-0.25, -0.2) is 4.39 Å². The second kappa shape index (κ2) is 6.92. The molecule has 2 aromatic carbocycles. The molecule has 2 rings (SSSR count). The first-order chi connectivity index (χ1) is 10.0. The van der Waals surface area contributed by atoms with Crippen LogP contribution in [0.5, 0.6) is 0 Å². The zero-order valence-electron chi connectivity index (χ0n) is 12.5. The van der Waals surface area contributed by atoms with Gasteiger partial charge >= 0.3 is 0 Å². The standard InChI is InChI=1S/C17H20ClFN2/c1-20-17(11-13-10-14(18)6-9-16(13)19)12-4-7-15(8-5-12)21(2)3/h4-10,17,20H,11H2,1-3H3. The third kappa shape index (κ3) is 3.96. The lowest BCUT2D eigenvalue weighted by Crippen LogP contribution is -2.19. The van der Waals surface area contributed by atoms with Crippen LogP contribution < -0.4 is 10.2 Å². The quantitative estimate of drug-likeness (QED) is 0.896. The van der Waals surface area contributed by atoms with E-state index in [2.05, 4.69) is 34.5 Å². The molecular weight excluding hydrogens is 287 g/mol. The number of nitrogens with zero attached hydrogens (tertiary/aromatic N) is 1. The Morgan fingerprint density at radius 3 is 2.38 bits per heavy atom. The maximum Gasteiger partial charge on any atom is 0.126 e. The van der Waals surface area contributed by atoms with E-state index in [1.807, 2.05) is 21.1 Å². The number of rotatable bonds is 5. The number of hydrogen-bond donors (Lipinski definition) is 1. The molecule has 2 aromatic rings. The average molecular weight is 307 g/mol. The van der Waals surface area contributed by atoms with Crippen molar-refractivity contribution in [1.82, 2.24) is 5.32 Å². The third-order valence-electron chi connectivity index (χ3n) is 3.59. The predicted octanol–water partition coefficient (Wildman–Crippen LogP) is 4.05. The summed E-state index contributed by atoms with van der Waals surface area (Å²) in [7, 11) is 5.89. The van der Waals surface area contributed by atoms with E-state index in [0.29, 0.717) is 17.0 Å². The van der Waals surface area contributed by atoms with Crippen LogP contribution in [0.15, 0.2) is 42.5 Å². The normalized spacial score (nSPS) is 12.2. The van der Waals surface area contributed by atoms with E-state index in [4.69, 9.17) is 11.6 Å². The van der Waals surface area contributed by atoms with Crippen LogP contribution in [-0.2, 0) is 6.42 Å². The van der Waals surface area contributed by atoms with Crippen molar-refractivity contribution in [3.05, 3.63) is 64.4 Å². The van der Waals surface area contributed by atoms with Crippen molar-refractivity contribution in [2.75, 3.05) is 26.0 Å². The Balaban J connectivity index is 2.21. The number of nitrogens with one attached hydrogen (secondary N) is 1. The lowest BCUT2D eigenvalue weighted by Gasteiger charge is -2.19. The first-order valence-electron chi connectivity index (χ1n) is 6.89. The van der Waals surface area contributed by atoms with Crippen LogP contribution in [0, 0.1) is 5.82 Å². The number of anilines is 1. The van der Waals surface area contributed by atoms with Crippen molar-refractivity contribution in [3.63, 3.8) is 0 Å². The fourth-order valence-electron chi connectivity index (χ4n) is 2.31. The van der Waals surface area contributed by atoms with Crippen LogP contribution >= 0.6 is 11.6 Å². The summed E-state index contributed by atoms with van der Waals surface area (Å²) >= 11 is 5.95. The average Bonchev–Trinajstić information content (AvgIpc) is 2.48. The van der Waals surface area contributed by atoms with Gasteiger partial charge < -0.3 is 10.2 Å². The van der Waals surface area contributed by atoms with E-state index in [-0.39, 0.29) is 11.9 Å². The molecule has 0 fully saturated rings. The van der Waals surface area contributed by atoms with Crippen molar-refractivity contribution < 1.29 is 4.39 Å². The SMILES string of the molecule is CNC(Cc1cc(Cl)ccc1F)c1ccc(N(C)C)cc1. The summed E-state index contributed by atoms with van der Waals surface area (Å²) in [5.41, 5.74) is 2.89. The Hall–Kier alpha value is -1.58. The fraction of sp³-hybridized carbons (Fsp3) is 0.294. The van der Waals surface area contributed by atoms with Gasteiger partial charge in [0, 0.05) is 30.8 Å². The van der Waals surface area contributed by atoms with Gasteiger partial charge in [-0.15, -0.1) is 0 Å². The molecule has 0 saturated heterocycles. The van der Waals surface area contributed by atoms with Crippen LogP contribution in [-0.4, -0.2) is 21.1 Å². The van der Waals surface area contributed by atoms with Gasteiger partial charge in [0.25, 0.3) is 0 Å². The molecule has 0 spiro atoms. The van der Waals surface area contributed by atoms with Crippen molar-refractivity contribution in [1.29, 1.82) is 0 Å². The number of halogens is 2. The van der Waals surface area contributed by atoms with E-state index in [1.165, 1.54) is 6.07 Å². The molecule has 1 N–H and O–H groups in total. The van der Waals surface area contributed by atoms with Gasteiger partial charge in [-0.3, -0.25) is 0 Å². The molecule has 2 nitrogen and oxygen atoms in total. The summed E-state index contributed by atoms with van der Waals surface area (Å²) in [5.74, 6) is -0.218. The topological polar surface area (TPSA) is 15.3 Å². The molecule has 0 amide bonds. The second-order valence-corrected chi connectivity index (χ2v) is 5.70. The number of benzene rings is 2. The summed E-state index contributed by atoms with van der Waals surface area (Å²) in [6.45, 7) is 0. The Kier molecular flexibility index (Phi) is 5.21. The van der Waals surface area contributed by atoms with Gasteiger partial charge in [0.2, 0.25) is 0 Å². The largest absolute Gasteiger partial charge is 0.378 e. The lowest BCUT2D eigenvalue weighted by atomic mass is 9.98. The minimum Gasteiger partial charge on any atom is -0.378 e. The molecule has 0 bridgehead atoms. The summed E-state index contributed by atoms with van der Waals surface area (Å²) < 4.78 is 13.9. The summed E-state index contributed by atoms with van der Waals surface area (Å²) in [6, 6.07) is 13.0. The molecule has 0 aliphatic carbocycles. The van der Waals surface area contributed by atoms with E-state index in [1.54, 1.807) is 12.1 Å². The van der Waals surface area contributed by atoms with Gasteiger partial charge in [0.1, 0.15) is 5.82 Å². The molecule has 112 valence electrons. The number of hydrogen-bond acceptors (Lipinski definition) is 2. The van der Waals surface area contributed by atoms with Gasteiger partial charge in [-0.1, -0.05) is 23.7 Å². The molecule has 1 atom stereocenters. The molecule has 0 aliphatic heterocycles. The van der Waals surface area contributed by atoms with Crippen molar-refractivity contribution in [2.45, 2.75) is 12.5 Å². The Labute approximate surface area is 130 Å². The summed E-state index contributed by atoms with van der Waals surface area (Å²) in [5, 5.41) is 3.80. The van der Waals surface area contributed by atoms with E-state index < -0.39 is 0 Å².